The second-order valence-electron chi connectivity index (χ2n) is 8.41. The molecule has 1 saturated heterocycles. The highest BCUT2D eigenvalue weighted by atomic mass is 16.4. The zero-order valence-corrected chi connectivity index (χ0v) is 19.4. The summed E-state index contributed by atoms with van der Waals surface area (Å²) in [6.45, 7) is -0.753. The lowest BCUT2D eigenvalue weighted by Crippen LogP contribution is -2.56. The summed E-state index contributed by atoms with van der Waals surface area (Å²) in [5.41, 5.74) is 0. The van der Waals surface area contributed by atoms with Crippen molar-refractivity contribution in [1.82, 2.24) is 19.6 Å². The number of aliphatic carboxylic acids is 2. The van der Waals surface area contributed by atoms with E-state index in [0.717, 1.165) is 0 Å². The smallest absolute Gasteiger partial charge is 0.317 e. The topological polar surface area (TPSA) is 209 Å². The fourth-order valence-corrected chi connectivity index (χ4v) is 4.09. The maximum Gasteiger partial charge on any atom is 0.317 e. The van der Waals surface area contributed by atoms with Crippen molar-refractivity contribution in [2.24, 2.45) is 0 Å². The summed E-state index contributed by atoms with van der Waals surface area (Å²) < 4.78 is 0. The Kier molecular flexibility index (Phi) is 14.6. The molecule has 8 N–H and O–H groups in total. The van der Waals surface area contributed by atoms with Crippen LogP contribution in [0, 0.1) is 0 Å². The summed E-state index contributed by atoms with van der Waals surface area (Å²) in [7, 11) is 0. The average Bonchev–Trinajstić information content (AvgIpc) is 2.79. The largest absolute Gasteiger partial charge is 0.480 e. The lowest BCUT2D eigenvalue weighted by Gasteiger charge is -2.39. The molecule has 0 saturated carbocycles. The SMILES string of the molecule is O=C(O)CN1CCN(C(CO)[C@@H](O)CO)CCN(CC(=O)O)CCN(C(CO)[C@@H](O)CO)CC1. The molecule has 1 aliphatic rings. The monoisotopic (exact) mass is 496 g/mol. The fraction of sp³-hybridized carbons (Fsp3) is 0.900. The highest BCUT2D eigenvalue weighted by molar-refractivity contribution is 5.69. The van der Waals surface area contributed by atoms with Crippen LogP contribution in [0.1, 0.15) is 0 Å². The highest BCUT2D eigenvalue weighted by Crippen LogP contribution is 2.10. The van der Waals surface area contributed by atoms with Crippen LogP contribution in [0.5, 0.6) is 0 Å². The molecule has 0 aromatic carbocycles. The number of hydrogen-bond donors (Lipinski definition) is 8. The molecule has 0 radical (unpaired) electrons. The van der Waals surface area contributed by atoms with E-state index < -0.39 is 62.7 Å². The summed E-state index contributed by atoms with van der Waals surface area (Å²) in [4.78, 5) is 29.4. The van der Waals surface area contributed by atoms with Gasteiger partial charge < -0.3 is 40.9 Å². The van der Waals surface area contributed by atoms with Crippen LogP contribution in [0.3, 0.4) is 0 Å². The lowest BCUT2D eigenvalue weighted by atomic mass is 10.1. The first-order valence-corrected chi connectivity index (χ1v) is 11.3. The molecule has 14 nitrogen and oxygen atoms in total. The van der Waals surface area contributed by atoms with Crippen molar-refractivity contribution < 1.29 is 50.4 Å². The Morgan fingerprint density at radius 3 is 1.06 bits per heavy atom. The molecule has 0 spiro atoms. The van der Waals surface area contributed by atoms with Crippen molar-refractivity contribution in [2.45, 2.75) is 24.3 Å². The first-order chi connectivity index (χ1) is 16.2. The highest BCUT2D eigenvalue weighted by Gasteiger charge is 2.29. The summed E-state index contributed by atoms with van der Waals surface area (Å²) in [5.74, 6) is -2.11. The van der Waals surface area contributed by atoms with E-state index in [2.05, 4.69) is 0 Å². The molecule has 4 atom stereocenters. The quantitative estimate of drug-likeness (QED) is 0.127. The number of aliphatic hydroxyl groups excluding tert-OH is 6. The predicted octanol–water partition coefficient (Wildman–Crippen LogP) is -5.19. The van der Waals surface area contributed by atoms with Crippen LogP contribution in [0.15, 0.2) is 0 Å². The van der Waals surface area contributed by atoms with Crippen molar-refractivity contribution in [1.29, 1.82) is 0 Å². The molecule has 0 aromatic rings. The molecule has 1 rings (SSSR count). The minimum absolute atomic E-state index is 0.235. The van der Waals surface area contributed by atoms with Gasteiger partial charge in [-0.25, -0.2) is 0 Å². The van der Waals surface area contributed by atoms with Gasteiger partial charge in [-0.1, -0.05) is 0 Å². The molecule has 0 bridgehead atoms. The van der Waals surface area contributed by atoms with Crippen molar-refractivity contribution >= 4 is 11.9 Å². The maximum absolute atomic E-state index is 11.4. The van der Waals surface area contributed by atoms with E-state index >= 15 is 0 Å². The first kappa shape index (κ1) is 30.6. The third-order valence-corrected chi connectivity index (χ3v) is 6.11. The van der Waals surface area contributed by atoms with E-state index in [9.17, 15) is 50.4 Å². The van der Waals surface area contributed by atoms with Gasteiger partial charge in [-0.3, -0.25) is 29.2 Å². The van der Waals surface area contributed by atoms with E-state index in [4.69, 9.17) is 0 Å². The summed E-state index contributed by atoms with van der Waals surface area (Å²) >= 11 is 0. The molecule has 0 aromatic heterocycles. The third-order valence-electron chi connectivity index (χ3n) is 6.11. The predicted molar refractivity (Wildman–Crippen MR) is 119 cm³/mol. The van der Waals surface area contributed by atoms with Crippen LogP contribution in [-0.4, -0.2) is 189 Å². The molecule has 2 unspecified atom stereocenters. The van der Waals surface area contributed by atoms with Crippen molar-refractivity contribution in [3.05, 3.63) is 0 Å². The van der Waals surface area contributed by atoms with Crippen LogP contribution in [0.4, 0.5) is 0 Å². The van der Waals surface area contributed by atoms with Gasteiger partial charge in [0.2, 0.25) is 0 Å². The second kappa shape index (κ2) is 16.3. The second-order valence-corrected chi connectivity index (χ2v) is 8.41. The number of aliphatic hydroxyl groups is 6. The van der Waals surface area contributed by atoms with Crippen LogP contribution < -0.4 is 0 Å². The van der Waals surface area contributed by atoms with E-state index in [1.54, 1.807) is 19.6 Å². The Morgan fingerprint density at radius 2 is 0.853 bits per heavy atom. The molecule has 1 fully saturated rings. The number of hydrogen-bond acceptors (Lipinski definition) is 12. The molecule has 34 heavy (non-hydrogen) atoms. The van der Waals surface area contributed by atoms with Gasteiger partial charge in [-0.15, -0.1) is 0 Å². The molecule has 0 amide bonds. The van der Waals surface area contributed by atoms with Crippen LogP contribution in [0.25, 0.3) is 0 Å². The van der Waals surface area contributed by atoms with Gasteiger partial charge in [-0.2, -0.15) is 0 Å². The Labute approximate surface area is 198 Å². The molecule has 0 aliphatic carbocycles. The van der Waals surface area contributed by atoms with Crippen molar-refractivity contribution in [3.63, 3.8) is 0 Å². The van der Waals surface area contributed by atoms with E-state index in [0.29, 0.717) is 0 Å². The molecule has 1 aliphatic heterocycles. The number of carboxylic acid groups (broad SMARTS) is 2. The van der Waals surface area contributed by atoms with Gasteiger partial charge in [-0.05, 0) is 0 Å². The maximum atomic E-state index is 11.4. The lowest BCUT2D eigenvalue weighted by molar-refractivity contribution is -0.139. The first-order valence-electron chi connectivity index (χ1n) is 11.3. The summed E-state index contributed by atoms with van der Waals surface area (Å²) in [6, 6.07) is -1.64. The Hall–Kier alpha value is -1.46. The Bertz CT molecular complexity index is 536. The standard InChI is InChI=1S/C20H40N4O10/c25-11-15(17(29)13-27)23-5-1-21(9-19(31)32)2-6-24(16(12-26)18(30)14-28)8-4-22(3-7-23)10-20(33)34/h15-18,25-30H,1-14H2,(H,31,32)(H,33,34)/t15?,16?,17-,18-/m0/s1. The van der Waals surface area contributed by atoms with Gasteiger partial charge in [0.15, 0.2) is 0 Å². The molecule has 200 valence electrons. The average molecular weight is 497 g/mol. The molecular weight excluding hydrogens is 456 g/mol. The number of nitrogens with zero attached hydrogens (tertiary/aromatic N) is 4. The van der Waals surface area contributed by atoms with Gasteiger partial charge in [0.1, 0.15) is 0 Å². The Morgan fingerprint density at radius 1 is 0.559 bits per heavy atom. The summed E-state index contributed by atoms with van der Waals surface area (Å²) in [5, 5.41) is 77.2. The minimum atomic E-state index is -1.24. The fourth-order valence-electron chi connectivity index (χ4n) is 4.09. The summed E-state index contributed by atoms with van der Waals surface area (Å²) in [6.07, 6.45) is -2.47. The zero-order chi connectivity index (χ0) is 25.7. The van der Waals surface area contributed by atoms with Crippen LogP contribution in [0.2, 0.25) is 0 Å². The number of carbonyl (C=O) groups is 2. The van der Waals surface area contributed by atoms with Crippen molar-refractivity contribution in [3.8, 4) is 0 Å². The molecule has 14 heteroatoms. The number of carboxylic acids is 2. The molecule has 1 heterocycles. The van der Waals surface area contributed by atoms with Crippen LogP contribution >= 0.6 is 0 Å². The van der Waals surface area contributed by atoms with E-state index in [1.807, 2.05) is 0 Å². The third kappa shape index (κ3) is 10.4. The van der Waals surface area contributed by atoms with Crippen LogP contribution in [-0.2, 0) is 9.59 Å². The van der Waals surface area contributed by atoms with E-state index in [-0.39, 0.29) is 65.4 Å². The minimum Gasteiger partial charge on any atom is -0.480 e. The normalized spacial score (nSPS) is 22.3. The zero-order valence-electron chi connectivity index (χ0n) is 19.4. The number of rotatable bonds is 12. The Balaban J connectivity index is 3.18. The van der Waals surface area contributed by atoms with Crippen molar-refractivity contribution in [2.75, 3.05) is 91.9 Å². The van der Waals surface area contributed by atoms with Gasteiger partial charge >= 0.3 is 11.9 Å². The molecular formula is C20H40N4O10. The van der Waals surface area contributed by atoms with Gasteiger partial charge in [0.25, 0.3) is 0 Å². The van der Waals surface area contributed by atoms with Gasteiger partial charge in [0.05, 0.1) is 63.8 Å². The van der Waals surface area contributed by atoms with E-state index in [1.165, 1.54) is 0 Å². The van der Waals surface area contributed by atoms with Gasteiger partial charge in [0, 0.05) is 52.4 Å².